The Kier molecular flexibility index (Phi) is 6.97. The molecular weight excluding hydrogens is 438 g/mol. The largest absolute Gasteiger partial charge is 0.755 e. The highest BCUT2D eigenvalue weighted by Gasteiger charge is 2.25. The van der Waals surface area contributed by atoms with E-state index in [-0.39, 0.29) is 28.3 Å². The van der Waals surface area contributed by atoms with E-state index in [1.165, 1.54) is 24.3 Å². The Hall–Kier alpha value is -4.33. The molecule has 0 aliphatic carbocycles. The highest BCUT2D eigenvalue weighted by molar-refractivity contribution is 5.97. The van der Waals surface area contributed by atoms with Crippen LogP contribution in [0, 0.1) is 5.21 Å². The van der Waals surface area contributed by atoms with Crippen molar-refractivity contribution >= 4 is 41.0 Å². The summed E-state index contributed by atoms with van der Waals surface area (Å²) in [5.41, 5.74) is 5.96. The van der Waals surface area contributed by atoms with Crippen LogP contribution < -0.4 is 27.2 Å². The summed E-state index contributed by atoms with van der Waals surface area (Å²) >= 11 is 0. The number of hydroxylamine groups is 2. The van der Waals surface area contributed by atoms with Crippen molar-refractivity contribution in [2.24, 2.45) is 0 Å². The first-order valence-electron chi connectivity index (χ1n) is 9.85. The van der Waals surface area contributed by atoms with Crippen LogP contribution in [-0.4, -0.2) is 68.3 Å². The van der Waals surface area contributed by atoms with E-state index in [1.807, 2.05) is 0 Å². The molecule has 0 spiro atoms. The minimum atomic E-state index is -1.80. The van der Waals surface area contributed by atoms with Crippen molar-refractivity contribution in [2.45, 2.75) is 24.9 Å². The van der Waals surface area contributed by atoms with Crippen LogP contribution in [0.4, 0.5) is 23.1 Å². The lowest BCUT2D eigenvalue weighted by molar-refractivity contribution is -0.142. The minimum absolute atomic E-state index is 0.00691. The third-order valence-corrected chi connectivity index (χ3v) is 4.89. The van der Waals surface area contributed by atoms with Gasteiger partial charge in [0.2, 0.25) is 11.9 Å². The Labute approximate surface area is 186 Å². The molecule has 1 aromatic heterocycles. The number of nitrogens with one attached hydrogen (secondary N) is 4. The van der Waals surface area contributed by atoms with Gasteiger partial charge in [0.1, 0.15) is 11.7 Å². The first-order chi connectivity index (χ1) is 15.7. The fourth-order valence-electron chi connectivity index (χ4n) is 3.19. The zero-order valence-electron chi connectivity index (χ0n) is 17.2. The van der Waals surface area contributed by atoms with Crippen LogP contribution in [0.15, 0.2) is 29.1 Å². The molecule has 14 heteroatoms. The van der Waals surface area contributed by atoms with Gasteiger partial charge in [0.25, 0.3) is 5.56 Å². The number of carbonyl (C=O) groups is 3. The number of fused-ring (bicyclic) bond motifs is 1. The average molecular weight is 460 g/mol. The second-order valence-corrected chi connectivity index (χ2v) is 7.27. The topological polar surface area (TPSA) is 226 Å². The zero-order chi connectivity index (χ0) is 24.1. The first-order valence-corrected chi connectivity index (χ1v) is 9.85. The maximum atomic E-state index is 12.3. The number of anilines is 4. The van der Waals surface area contributed by atoms with Gasteiger partial charge in [-0.1, -0.05) is 0 Å². The molecule has 1 aliphatic rings. The molecule has 2 atom stereocenters. The number of carboxylic acid groups (broad SMARTS) is 2. The number of benzene rings is 1. The predicted molar refractivity (Wildman–Crippen MR) is 118 cm³/mol. The number of rotatable bonds is 9. The summed E-state index contributed by atoms with van der Waals surface area (Å²) in [4.78, 5) is 52.7. The van der Waals surface area contributed by atoms with Crippen LogP contribution in [0.25, 0.3) is 0 Å². The molecule has 0 fully saturated rings. The highest BCUT2D eigenvalue weighted by Crippen LogP contribution is 2.20. The minimum Gasteiger partial charge on any atom is -0.755 e. The third kappa shape index (κ3) is 5.68. The molecule has 14 nitrogen and oxygen atoms in total. The number of carbonyl (C=O) groups excluding carboxylic acids is 1. The average Bonchev–Trinajstić information content (AvgIpc) is 2.77. The number of nitrogens with zero attached hydrogens (tertiary/aromatic N) is 2. The molecule has 1 aliphatic heterocycles. The summed E-state index contributed by atoms with van der Waals surface area (Å²) in [6, 6.07) is 3.80. The van der Waals surface area contributed by atoms with Crippen molar-refractivity contribution in [1.29, 1.82) is 0 Å². The van der Waals surface area contributed by atoms with Crippen LogP contribution in [-0.2, 0) is 9.59 Å². The normalized spacial score (nSPS) is 15.4. The van der Waals surface area contributed by atoms with Crippen LogP contribution in [0.2, 0.25) is 0 Å². The van der Waals surface area contributed by atoms with E-state index in [4.69, 9.17) is 15.9 Å². The number of hydrogen-bond acceptors (Lipinski definition) is 10. The summed E-state index contributed by atoms with van der Waals surface area (Å²) in [5.74, 6) is -3.56. The fraction of sp³-hybridized carbons (Fsp3) is 0.316. The Balaban J connectivity index is 1.58. The second kappa shape index (κ2) is 9.86. The van der Waals surface area contributed by atoms with Gasteiger partial charge in [-0.15, -0.1) is 0 Å². The summed E-state index contributed by atoms with van der Waals surface area (Å²) in [7, 11) is 0. The van der Waals surface area contributed by atoms with Crippen LogP contribution in [0.3, 0.4) is 0 Å². The van der Waals surface area contributed by atoms with Gasteiger partial charge in [0.15, 0.2) is 5.82 Å². The van der Waals surface area contributed by atoms with Gasteiger partial charge in [-0.2, -0.15) is 4.98 Å². The lowest BCUT2D eigenvalue weighted by Crippen LogP contribution is -2.41. The number of hydrogen-bond donors (Lipinski definition) is 7. The molecule has 3 rings (SSSR count). The number of carboxylic acids is 2. The molecule has 2 heterocycles. The number of aliphatic carboxylic acids is 2. The number of amides is 1. The molecule has 0 saturated heterocycles. The zero-order valence-corrected chi connectivity index (χ0v) is 17.2. The van der Waals surface area contributed by atoms with E-state index in [9.17, 15) is 24.4 Å². The van der Waals surface area contributed by atoms with E-state index in [0.29, 0.717) is 24.6 Å². The molecular formula is C19H22N7O7-. The van der Waals surface area contributed by atoms with Crippen molar-refractivity contribution < 1.29 is 24.6 Å². The second-order valence-electron chi connectivity index (χ2n) is 7.27. The quantitative estimate of drug-likeness (QED) is 0.244. The number of aromatic amines is 1. The third-order valence-electron chi connectivity index (χ3n) is 4.89. The van der Waals surface area contributed by atoms with Gasteiger partial charge >= 0.3 is 11.9 Å². The molecule has 1 aromatic carbocycles. The molecule has 0 bridgehead atoms. The van der Waals surface area contributed by atoms with Crippen molar-refractivity contribution in [2.75, 3.05) is 34.8 Å². The van der Waals surface area contributed by atoms with E-state index < -0.39 is 42.3 Å². The maximum absolute atomic E-state index is 12.3. The fourth-order valence-corrected chi connectivity index (χ4v) is 3.19. The van der Waals surface area contributed by atoms with Crippen molar-refractivity contribution in [3.63, 3.8) is 0 Å². The molecule has 8 N–H and O–H groups in total. The standard InChI is InChI=1S/C19H22N7O7/c20-19-24-15-14(16(29)25-19)23-11(8-22-15)7-21-10-3-1-9(2-4-10)17(30)26(33)12(18(31)32)5-6-13(27)28/h1-4,11-12,21,23H,5-8H2,(H,27,28)(H,31,32)(H4,20,22,24,25,29)/q-1/t11?,12-/m0/s1. The van der Waals surface area contributed by atoms with Crippen molar-refractivity contribution in [3.05, 3.63) is 45.4 Å². The summed E-state index contributed by atoms with van der Waals surface area (Å²) in [6.45, 7) is 0.859. The summed E-state index contributed by atoms with van der Waals surface area (Å²) < 4.78 is 0. The number of aromatic nitrogens is 2. The number of nitrogens with two attached hydrogens (primary N) is 1. The van der Waals surface area contributed by atoms with E-state index >= 15 is 0 Å². The molecule has 1 amide bonds. The molecule has 2 aromatic rings. The molecule has 0 saturated carbocycles. The molecule has 176 valence electrons. The van der Waals surface area contributed by atoms with Crippen molar-refractivity contribution in [1.82, 2.24) is 15.0 Å². The van der Waals surface area contributed by atoms with Gasteiger partial charge in [-0.3, -0.25) is 24.2 Å². The lowest BCUT2D eigenvalue weighted by Gasteiger charge is -2.34. The Morgan fingerprint density at radius 3 is 2.61 bits per heavy atom. The van der Waals surface area contributed by atoms with Gasteiger partial charge < -0.3 is 42.2 Å². The molecule has 0 radical (unpaired) electrons. The maximum Gasteiger partial charge on any atom is 0.325 e. The van der Waals surface area contributed by atoms with E-state index in [0.717, 1.165) is 0 Å². The Morgan fingerprint density at radius 2 is 1.97 bits per heavy atom. The van der Waals surface area contributed by atoms with Gasteiger partial charge in [0, 0.05) is 30.8 Å². The molecule has 33 heavy (non-hydrogen) atoms. The van der Waals surface area contributed by atoms with E-state index in [2.05, 4.69) is 25.9 Å². The molecule has 1 unspecified atom stereocenters. The Morgan fingerprint density at radius 1 is 1.27 bits per heavy atom. The van der Waals surface area contributed by atoms with Crippen molar-refractivity contribution in [3.8, 4) is 0 Å². The summed E-state index contributed by atoms with van der Waals surface area (Å²) in [6.07, 6.45) is -1.06. The smallest absolute Gasteiger partial charge is 0.325 e. The van der Waals surface area contributed by atoms with Crippen LogP contribution in [0.5, 0.6) is 0 Å². The van der Waals surface area contributed by atoms with Crippen LogP contribution in [0.1, 0.15) is 23.2 Å². The first kappa shape index (κ1) is 23.3. The number of H-pyrrole nitrogens is 1. The van der Waals surface area contributed by atoms with Gasteiger partial charge in [0.05, 0.1) is 6.04 Å². The Bertz CT molecular complexity index is 1100. The summed E-state index contributed by atoms with van der Waals surface area (Å²) in [5, 5.41) is 39.0. The van der Waals surface area contributed by atoms with Crippen LogP contribution >= 0.6 is 0 Å². The van der Waals surface area contributed by atoms with E-state index in [1.54, 1.807) is 0 Å². The highest BCUT2D eigenvalue weighted by atomic mass is 16.5. The SMILES string of the molecule is Nc1nc2c(c(=O)[nH]1)NC(CNc1ccc(C(=O)N([O-])[C@@H](CCC(=O)O)C(=O)O)cc1)CN2. The van der Waals surface area contributed by atoms with Gasteiger partial charge in [-0.25, -0.2) is 0 Å². The predicted octanol–water partition coefficient (Wildman–Crippen LogP) is -0.0718. The lowest BCUT2D eigenvalue weighted by atomic mass is 10.1. The number of nitrogen functional groups attached to an aromatic ring is 1. The monoisotopic (exact) mass is 460 g/mol. The van der Waals surface area contributed by atoms with Gasteiger partial charge in [-0.05, 0) is 30.7 Å².